The molecule has 6 N–H and O–H groups in total. The van der Waals surface area contributed by atoms with Gasteiger partial charge in [0.05, 0.1) is 10.7 Å². The van der Waals surface area contributed by atoms with Crippen molar-refractivity contribution in [2.45, 2.75) is 0 Å². The summed E-state index contributed by atoms with van der Waals surface area (Å²) in [6.45, 7) is 0. The average Bonchev–Trinajstić information content (AvgIpc) is 2.31. The van der Waals surface area contributed by atoms with Crippen LogP contribution in [0.1, 0.15) is 10.4 Å². The summed E-state index contributed by atoms with van der Waals surface area (Å²) in [6.07, 6.45) is 0. The van der Waals surface area contributed by atoms with Gasteiger partial charge in [-0.3, -0.25) is 15.6 Å². The second kappa shape index (κ2) is 5.65. The van der Waals surface area contributed by atoms with E-state index < -0.39 is 11.7 Å². The van der Waals surface area contributed by atoms with Gasteiger partial charge >= 0.3 is 0 Å². The SMILES string of the molecule is N#C/C(=N\Nc1cc(C(N)=O)ccc1Cl)C(=N)N. The third-order valence-corrected chi connectivity index (χ3v) is 2.23. The number of amides is 1. The molecule has 0 fully saturated rings. The molecular formula is C10H9ClN6O. The molecule has 0 heterocycles. The zero-order valence-corrected chi connectivity index (χ0v) is 9.82. The molecule has 1 rings (SSSR count). The lowest BCUT2D eigenvalue weighted by Crippen LogP contribution is -2.22. The second-order valence-electron chi connectivity index (χ2n) is 3.16. The van der Waals surface area contributed by atoms with Crippen LogP contribution in [0.3, 0.4) is 0 Å². The normalized spacial score (nSPS) is 10.6. The molecule has 92 valence electrons. The summed E-state index contributed by atoms with van der Waals surface area (Å²) in [4.78, 5) is 11.0. The molecule has 0 saturated heterocycles. The number of carbonyl (C=O) groups excluding carboxylic acids is 1. The zero-order chi connectivity index (χ0) is 13.7. The van der Waals surface area contributed by atoms with Crippen molar-refractivity contribution in [1.82, 2.24) is 0 Å². The Hall–Kier alpha value is -2.59. The Morgan fingerprint density at radius 2 is 2.17 bits per heavy atom. The van der Waals surface area contributed by atoms with E-state index in [0.717, 1.165) is 0 Å². The molecule has 0 aliphatic rings. The van der Waals surface area contributed by atoms with E-state index in [9.17, 15) is 4.79 Å². The molecule has 18 heavy (non-hydrogen) atoms. The quantitative estimate of drug-likeness (QED) is 0.360. The van der Waals surface area contributed by atoms with Gasteiger partial charge in [0.2, 0.25) is 11.6 Å². The summed E-state index contributed by atoms with van der Waals surface area (Å²) in [5, 5.41) is 19.6. The van der Waals surface area contributed by atoms with Crippen molar-refractivity contribution in [2.75, 3.05) is 5.43 Å². The maximum absolute atomic E-state index is 11.0. The summed E-state index contributed by atoms with van der Waals surface area (Å²) in [7, 11) is 0. The molecule has 0 aromatic heterocycles. The first-order valence-corrected chi connectivity index (χ1v) is 5.01. The largest absolute Gasteiger partial charge is 0.382 e. The van der Waals surface area contributed by atoms with Crippen molar-refractivity contribution in [1.29, 1.82) is 10.7 Å². The van der Waals surface area contributed by atoms with E-state index in [1.165, 1.54) is 18.2 Å². The Bertz CT molecular complexity index is 574. The third kappa shape index (κ3) is 3.20. The number of carbonyl (C=O) groups is 1. The Balaban J connectivity index is 3.05. The van der Waals surface area contributed by atoms with Gasteiger partial charge < -0.3 is 11.5 Å². The first-order valence-electron chi connectivity index (χ1n) is 4.63. The van der Waals surface area contributed by atoms with Crippen LogP contribution >= 0.6 is 11.6 Å². The van der Waals surface area contributed by atoms with Gasteiger partial charge in [-0.05, 0) is 18.2 Å². The molecule has 1 aromatic carbocycles. The average molecular weight is 265 g/mol. The molecule has 8 heteroatoms. The number of nitrogens with zero attached hydrogens (tertiary/aromatic N) is 2. The molecule has 0 radical (unpaired) electrons. The van der Waals surface area contributed by atoms with Crippen molar-refractivity contribution in [2.24, 2.45) is 16.6 Å². The fourth-order valence-corrected chi connectivity index (χ4v) is 1.19. The number of nitrogens with two attached hydrogens (primary N) is 2. The summed E-state index contributed by atoms with van der Waals surface area (Å²) >= 11 is 5.86. The van der Waals surface area contributed by atoms with Gasteiger partial charge in [0.15, 0.2) is 5.84 Å². The lowest BCUT2D eigenvalue weighted by Gasteiger charge is -2.05. The minimum absolute atomic E-state index is 0.235. The van der Waals surface area contributed by atoms with E-state index in [0.29, 0.717) is 0 Å². The lowest BCUT2D eigenvalue weighted by atomic mass is 10.2. The minimum Gasteiger partial charge on any atom is -0.382 e. The van der Waals surface area contributed by atoms with E-state index >= 15 is 0 Å². The van der Waals surface area contributed by atoms with Crippen LogP contribution in [0.4, 0.5) is 5.69 Å². The fraction of sp³-hybridized carbons (Fsp3) is 0. The van der Waals surface area contributed by atoms with Gasteiger partial charge in [0.25, 0.3) is 0 Å². The molecule has 1 amide bonds. The van der Waals surface area contributed by atoms with Crippen LogP contribution in [-0.2, 0) is 0 Å². The monoisotopic (exact) mass is 264 g/mol. The smallest absolute Gasteiger partial charge is 0.248 e. The maximum Gasteiger partial charge on any atom is 0.248 e. The molecule has 0 bridgehead atoms. The molecule has 1 aromatic rings. The van der Waals surface area contributed by atoms with E-state index in [1.807, 2.05) is 0 Å². The number of hydrogen-bond donors (Lipinski definition) is 4. The topological polar surface area (TPSA) is 141 Å². The summed E-state index contributed by atoms with van der Waals surface area (Å²) in [5.41, 5.74) is 12.9. The van der Waals surface area contributed by atoms with Crippen LogP contribution in [0.25, 0.3) is 0 Å². The first kappa shape index (κ1) is 13.5. The van der Waals surface area contributed by atoms with E-state index in [4.69, 9.17) is 33.7 Å². The highest BCUT2D eigenvalue weighted by atomic mass is 35.5. The highest BCUT2D eigenvalue weighted by Gasteiger charge is 2.06. The maximum atomic E-state index is 11.0. The zero-order valence-electron chi connectivity index (χ0n) is 9.07. The van der Waals surface area contributed by atoms with Crippen molar-refractivity contribution >= 4 is 34.7 Å². The third-order valence-electron chi connectivity index (χ3n) is 1.90. The van der Waals surface area contributed by atoms with E-state index in [-0.39, 0.29) is 22.0 Å². The van der Waals surface area contributed by atoms with Crippen LogP contribution < -0.4 is 16.9 Å². The molecule has 0 atom stereocenters. The number of primary amides is 1. The minimum atomic E-state index is -0.620. The standard InChI is InChI=1S/C10H9ClN6O/c11-6-2-1-5(10(15)18)3-7(6)16-17-8(4-12)9(13)14/h1-3,16H,(H3,13,14)(H2,15,18)/b17-8+. The van der Waals surface area contributed by atoms with Gasteiger partial charge in [-0.1, -0.05) is 11.6 Å². The summed E-state index contributed by atoms with van der Waals surface area (Å²) < 4.78 is 0. The van der Waals surface area contributed by atoms with Crippen LogP contribution in [0, 0.1) is 16.7 Å². The predicted octanol–water partition coefficient (Wildman–Crippen LogP) is 0.666. The number of anilines is 1. The summed E-state index contributed by atoms with van der Waals surface area (Å²) in [6, 6.07) is 5.92. The van der Waals surface area contributed by atoms with Gasteiger partial charge in [0.1, 0.15) is 6.07 Å². The van der Waals surface area contributed by atoms with Crippen molar-refractivity contribution in [3.8, 4) is 6.07 Å². The number of hydrogen-bond acceptors (Lipinski definition) is 5. The Morgan fingerprint density at radius 1 is 1.50 bits per heavy atom. The van der Waals surface area contributed by atoms with E-state index in [2.05, 4.69) is 10.5 Å². The number of hydrazone groups is 1. The molecule has 0 aliphatic heterocycles. The van der Waals surface area contributed by atoms with E-state index in [1.54, 1.807) is 6.07 Å². The van der Waals surface area contributed by atoms with Gasteiger partial charge in [-0.15, -0.1) is 0 Å². The number of amidine groups is 1. The number of nitriles is 1. The van der Waals surface area contributed by atoms with Crippen LogP contribution in [0.2, 0.25) is 5.02 Å². The van der Waals surface area contributed by atoms with Crippen molar-refractivity contribution in [3.05, 3.63) is 28.8 Å². The molecule has 0 spiro atoms. The predicted molar refractivity (Wildman–Crippen MR) is 68.6 cm³/mol. The first-order chi connectivity index (χ1) is 8.45. The van der Waals surface area contributed by atoms with Gasteiger partial charge in [0, 0.05) is 5.56 Å². The molecule has 0 unspecified atom stereocenters. The fourth-order valence-electron chi connectivity index (χ4n) is 1.03. The highest BCUT2D eigenvalue weighted by Crippen LogP contribution is 2.22. The Kier molecular flexibility index (Phi) is 4.23. The number of halogens is 1. The van der Waals surface area contributed by atoms with Crippen LogP contribution in [0.5, 0.6) is 0 Å². The summed E-state index contributed by atoms with van der Waals surface area (Å²) in [5.74, 6) is -1.10. The molecule has 0 saturated carbocycles. The highest BCUT2D eigenvalue weighted by molar-refractivity contribution is 6.46. The van der Waals surface area contributed by atoms with Gasteiger partial charge in [-0.25, -0.2) is 0 Å². The number of rotatable bonds is 4. The van der Waals surface area contributed by atoms with Crippen LogP contribution in [0.15, 0.2) is 23.3 Å². The van der Waals surface area contributed by atoms with Gasteiger partial charge in [-0.2, -0.15) is 10.4 Å². The molecule has 0 aliphatic carbocycles. The van der Waals surface area contributed by atoms with Crippen molar-refractivity contribution in [3.63, 3.8) is 0 Å². The Morgan fingerprint density at radius 3 is 2.67 bits per heavy atom. The molecule has 7 nitrogen and oxygen atoms in total. The second-order valence-corrected chi connectivity index (χ2v) is 3.56. The lowest BCUT2D eigenvalue weighted by molar-refractivity contribution is 0.100. The molecular weight excluding hydrogens is 256 g/mol. The Labute approximate surface area is 108 Å². The number of benzene rings is 1. The van der Waals surface area contributed by atoms with Crippen molar-refractivity contribution < 1.29 is 4.79 Å². The van der Waals surface area contributed by atoms with Crippen LogP contribution in [-0.4, -0.2) is 17.5 Å². The number of nitrogens with one attached hydrogen (secondary N) is 2.